The first-order chi connectivity index (χ1) is 6.24. The van der Waals surface area contributed by atoms with E-state index in [0.717, 1.165) is 0 Å². The van der Waals surface area contributed by atoms with Gasteiger partial charge >= 0.3 is 5.97 Å². The van der Waals surface area contributed by atoms with Gasteiger partial charge in [-0.2, -0.15) is 0 Å². The van der Waals surface area contributed by atoms with Crippen molar-refractivity contribution < 1.29 is 19.4 Å². The predicted octanol–water partition coefficient (Wildman–Crippen LogP) is 1.21. The van der Waals surface area contributed by atoms with Gasteiger partial charge in [-0.05, 0) is 18.2 Å². The second-order valence-corrected chi connectivity index (χ2v) is 2.04. The number of aromatic carboxylic acids is 1. The van der Waals surface area contributed by atoms with E-state index in [1.165, 1.54) is 19.2 Å². The minimum Gasteiger partial charge on any atom is -0.497 e. The molecular formula is C9H10O4. The van der Waals surface area contributed by atoms with Crippen LogP contribution in [0.2, 0.25) is 0 Å². The van der Waals surface area contributed by atoms with Gasteiger partial charge in [-0.25, -0.2) is 4.79 Å². The molecule has 1 aromatic rings. The Kier molecular flexibility index (Phi) is 4.95. The Labute approximate surface area is 75.8 Å². The topological polar surface area (TPSA) is 63.6 Å². The van der Waals surface area contributed by atoms with E-state index in [1.54, 1.807) is 12.1 Å². The highest BCUT2D eigenvalue weighted by atomic mass is 16.5. The van der Waals surface area contributed by atoms with Crippen molar-refractivity contribution in [1.29, 1.82) is 0 Å². The normalized spacial score (nSPS) is 8.08. The van der Waals surface area contributed by atoms with Crippen LogP contribution in [0.15, 0.2) is 24.3 Å². The molecule has 0 unspecified atom stereocenters. The second kappa shape index (κ2) is 5.77. The number of hydrogen-bond acceptors (Lipinski definition) is 3. The Morgan fingerprint density at radius 2 is 2.08 bits per heavy atom. The number of ether oxygens (including phenoxy) is 1. The molecule has 0 amide bonds. The molecule has 0 radical (unpaired) electrons. The van der Waals surface area contributed by atoms with Crippen LogP contribution in [-0.4, -0.2) is 25.0 Å². The van der Waals surface area contributed by atoms with Gasteiger partial charge in [-0.15, -0.1) is 0 Å². The van der Waals surface area contributed by atoms with Crippen molar-refractivity contribution in [3.05, 3.63) is 29.8 Å². The fourth-order valence-electron chi connectivity index (χ4n) is 0.756. The second-order valence-electron chi connectivity index (χ2n) is 2.04. The number of carboxylic acids is 1. The van der Waals surface area contributed by atoms with Crippen molar-refractivity contribution in [2.45, 2.75) is 0 Å². The van der Waals surface area contributed by atoms with Gasteiger partial charge in [-0.1, -0.05) is 6.07 Å². The van der Waals surface area contributed by atoms with Gasteiger partial charge in [0.1, 0.15) is 12.5 Å². The number of rotatable bonds is 2. The van der Waals surface area contributed by atoms with Crippen molar-refractivity contribution in [2.24, 2.45) is 0 Å². The van der Waals surface area contributed by atoms with Gasteiger partial charge in [0.05, 0.1) is 12.7 Å². The lowest BCUT2D eigenvalue weighted by Crippen LogP contribution is -1.95. The van der Waals surface area contributed by atoms with Crippen LogP contribution in [0.3, 0.4) is 0 Å². The summed E-state index contributed by atoms with van der Waals surface area (Å²) in [5.41, 5.74) is 0.240. The van der Waals surface area contributed by atoms with Crippen LogP contribution in [0, 0.1) is 0 Å². The molecule has 4 nitrogen and oxygen atoms in total. The van der Waals surface area contributed by atoms with E-state index < -0.39 is 5.97 Å². The number of benzene rings is 1. The number of carbonyl (C=O) groups excluding carboxylic acids is 1. The van der Waals surface area contributed by atoms with Crippen molar-refractivity contribution in [1.82, 2.24) is 0 Å². The molecule has 70 valence electrons. The summed E-state index contributed by atoms with van der Waals surface area (Å²) < 4.78 is 4.84. The highest BCUT2D eigenvalue weighted by Gasteiger charge is 2.01. The van der Waals surface area contributed by atoms with Crippen molar-refractivity contribution >= 4 is 12.8 Å². The summed E-state index contributed by atoms with van der Waals surface area (Å²) in [5, 5.41) is 8.55. The lowest BCUT2D eigenvalue weighted by atomic mass is 10.2. The molecule has 1 rings (SSSR count). The molecule has 0 saturated heterocycles. The Balaban J connectivity index is 0.000000671. The molecule has 0 aliphatic rings. The zero-order chi connectivity index (χ0) is 10.3. The number of methoxy groups -OCH3 is 1. The van der Waals surface area contributed by atoms with Crippen LogP contribution in [0.4, 0.5) is 0 Å². The van der Waals surface area contributed by atoms with Crippen LogP contribution in [0.25, 0.3) is 0 Å². The molecule has 0 heterocycles. The maximum absolute atomic E-state index is 10.4. The summed E-state index contributed by atoms with van der Waals surface area (Å²) in [6.45, 7) is 2.00. The maximum atomic E-state index is 10.4. The van der Waals surface area contributed by atoms with Gasteiger partial charge in [-0.3, -0.25) is 0 Å². The Bertz CT molecular complexity index is 283. The summed E-state index contributed by atoms with van der Waals surface area (Å²) >= 11 is 0. The van der Waals surface area contributed by atoms with E-state index in [2.05, 4.69) is 0 Å². The van der Waals surface area contributed by atoms with E-state index in [-0.39, 0.29) is 5.56 Å². The predicted molar refractivity (Wildman–Crippen MR) is 47.1 cm³/mol. The molecule has 0 spiro atoms. The monoisotopic (exact) mass is 182 g/mol. The summed E-state index contributed by atoms with van der Waals surface area (Å²) in [5.74, 6) is -0.381. The number of carboxylic acid groups (broad SMARTS) is 1. The Morgan fingerprint density at radius 1 is 1.46 bits per heavy atom. The van der Waals surface area contributed by atoms with Crippen LogP contribution >= 0.6 is 0 Å². The zero-order valence-electron chi connectivity index (χ0n) is 7.19. The standard InChI is InChI=1S/C8H8O3.CH2O/c1-11-7-4-2-3-6(5-7)8(9)10;1-2/h2-5H,1H3,(H,9,10);1H2. The van der Waals surface area contributed by atoms with Gasteiger partial charge < -0.3 is 14.6 Å². The third kappa shape index (κ3) is 3.37. The van der Waals surface area contributed by atoms with E-state index in [9.17, 15) is 4.79 Å². The van der Waals surface area contributed by atoms with E-state index in [0.29, 0.717) is 5.75 Å². The molecule has 0 atom stereocenters. The summed E-state index contributed by atoms with van der Waals surface area (Å²) in [7, 11) is 1.50. The summed E-state index contributed by atoms with van der Waals surface area (Å²) in [6, 6.07) is 6.34. The molecular weight excluding hydrogens is 172 g/mol. The van der Waals surface area contributed by atoms with E-state index in [1.807, 2.05) is 6.79 Å². The lowest BCUT2D eigenvalue weighted by molar-refractivity contribution is -0.0980. The number of carbonyl (C=O) groups is 2. The fraction of sp³-hybridized carbons (Fsp3) is 0.111. The molecule has 0 bridgehead atoms. The largest absolute Gasteiger partial charge is 0.497 e. The van der Waals surface area contributed by atoms with E-state index >= 15 is 0 Å². The third-order valence-electron chi connectivity index (χ3n) is 1.32. The third-order valence-corrected chi connectivity index (χ3v) is 1.32. The van der Waals surface area contributed by atoms with E-state index in [4.69, 9.17) is 14.6 Å². The van der Waals surface area contributed by atoms with Gasteiger partial charge in [0.2, 0.25) is 0 Å². The average Bonchev–Trinajstić information content (AvgIpc) is 2.21. The average molecular weight is 182 g/mol. The zero-order valence-corrected chi connectivity index (χ0v) is 7.19. The molecule has 0 saturated carbocycles. The van der Waals surface area contributed by atoms with Gasteiger partial charge in [0.25, 0.3) is 0 Å². The first-order valence-corrected chi connectivity index (χ1v) is 3.40. The first kappa shape index (κ1) is 11.2. The Morgan fingerprint density at radius 3 is 2.54 bits per heavy atom. The van der Waals surface area contributed by atoms with Crippen molar-refractivity contribution in [3.63, 3.8) is 0 Å². The van der Waals surface area contributed by atoms with Gasteiger partial charge in [0, 0.05) is 0 Å². The van der Waals surface area contributed by atoms with Crippen molar-refractivity contribution in [2.75, 3.05) is 7.11 Å². The minimum absolute atomic E-state index is 0.240. The fourth-order valence-corrected chi connectivity index (χ4v) is 0.756. The molecule has 0 aliphatic heterocycles. The van der Waals surface area contributed by atoms with Crippen molar-refractivity contribution in [3.8, 4) is 5.75 Å². The summed E-state index contributed by atoms with van der Waals surface area (Å²) in [4.78, 5) is 18.4. The molecule has 4 heteroatoms. The maximum Gasteiger partial charge on any atom is 0.335 e. The summed E-state index contributed by atoms with van der Waals surface area (Å²) in [6.07, 6.45) is 0. The van der Waals surface area contributed by atoms with Crippen LogP contribution < -0.4 is 4.74 Å². The first-order valence-electron chi connectivity index (χ1n) is 3.40. The minimum atomic E-state index is -0.941. The highest BCUT2D eigenvalue weighted by molar-refractivity contribution is 5.87. The van der Waals surface area contributed by atoms with Gasteiger partial charge in [0.15, 0.2) is 0 Å². The SMILES string of the molecule is C=O.COc1cccc(C(=O)O)c1. The van der Waals surface area contributed by atoms with Crippen LogP contribution in [0.1, 0.15) is 10.4 Å². The van der Waals surface area contributed by atoms with Crippen LogP contribution in [0.5, 0.6) is 5.75 Å². The Hall–Kier alpha value is -1.84. The molecule has 0 aromatic heterocycles. The molecule has 13 heavy (non-hydrogen) atoms. The molecule has 1 N–H and O–H groups in total. The molecule has 1 aromatic carbocycles. The molecule has 0 aliphatic carbocycles. The smallest absolute Gasteiger partial charge is 0.335 e. The van der Waals surface area contributed by atoms with Crippen LogP contribution in [-0.2, 0) is 4.79 Å². The lowest BCUT2D eigenvalue weighted by Gasteiger charge is -1.98. The highest BCUT2D eigenvalue weighted by Crippen LogP contribution is 2.11. The molecule has 0 fully saturated rings. The number of hydrogen-bond donors (Lipinski definition) is 1. The quantitative estimate of drug-likeness (QED) is 0.746.